The van der Waals surface area contributed by atoms with Crippen molar-refractivity contribution >= 4 is 11.7 Å². The lowest BCUT2D eigenvalue weighted by molar-refractivity contribution is -0.204. The van der Waals surface area contributed by atoms with Crippen molar-refractivity contribution in [1.82, 2.24) is 0 Å². The fraction of sp³-hybridized carbons (Fsp3) is 0.300. The van der Waals surface area contributed by atoms with Crippen molar-refractivity contribution in [2.75, 3.05) is 5.06 Å². The molecule has 92 valence electrons. The molecule has 2 rings (SSSR count). The van der Waals surface area contributed by atoms with Crippen molar-refractivity contribution in [2.45, 2.75) is 17.9 Å². The Bertz CT molecular complexity index is 464. The van der Waals surface area contributed by atoms with Gasteiger partial charge in [0.1, 0.15) is 6.10 Å². The molecule has 7 nitrogen and oxygen atoms in total. The largest absolute Gasteiger partial charge is 0.479 e. The van der Waals surface area contributed by atoms with E-state index in [-0.39, 0.29) is 16.3 Å². The second-order valence-corrected chi connectivity index (χ2v) is 3.81. The van der Waals surface area contributed by atoms with Crippen LogP contribution in [0.4, 0.5) is 5.69 Å². The molecule has 0 fully saturated rings. The van der Waals surface area contributed by atoms with E-state index in [0.29, 0.717) is 0 Å². The number of nitrogens with zero attached hydrogens (tertiary/aromatic N) is 1. The van der Waals surface area contributed by atoms with Crippen molar-refractivity contribution in [2.24, 2.45) is 0 Å². The minimum absolute atomic E-state index is 0.0187. The van der Waals surface area contributed by atoms with E-state index in [0.717, 1.165) is 0 Å². The van der Waals surface area contributed by atoms with Gasteiger partial charge in [0.15, 0.2) is 6.23 Å². The molecule has 0 radical (unpaired) electrons. The number of carboxylic acid groups (broad SMARTS) is 1. The highest BCUT2D eigenvalue weighted by atomic mass is 16.6. The molecule has 7 heteroatoms. The molecule has 1 heterocycles. The van der Waals surface area contributed by atoms with Crippen LogP contribution in [0.2, 0.25) is 0 Å². The number of carbonyl (C=O) groups is 1. The molecule has 0 bridgehead atoms. The zero-order chi connectivity index (χ0) is 12.8. The van der Waals surface area contributed by atoms with Crippen molar-refractivity contribution in [1.29, 1.82) is 0 Å². The maximum absolute atomic E-state index is 10.9. The Balaban J connectivity index is 2.62. The topological polar surface area (TPSA) is 121 Å². The normalized spacial score (nSPS) is 32.1. The Labute approximate surface area is 95.7 Å². The van der Waals surface area contributed by atoms with E-state index >= 15 is 0 Å². The quantitative estimate of drug-likeness (QED) is 0.430. The third-order valence-electron chi connectivity index (χ3n) is 2.86. The van der Waals surface area contributed by atoms with E-state index < -0.39 is 23.9 Å². The van der Waals surface area contributed by atoms with Gasteiger partial charge in [-0.3, -0.25) is 5.21 Å². The minimum atomic E-state index is -2.89. The van der Waals surface area contributed by atoms with Crippen LogP contribution < -0.4 is 5.06 Å². The summed E-state index contributed by atoms with van der Waals surface area (Å²) in [6, 6.07) is 5.77. The first-order valence-corrected chi connectivity index (χ1v) is 4.79. The van der Waals surface area contributed by atoms with Gasteiger partial charge in [0.2, 0.25) is 5.60 Å². The summed E-state index contributed by atoms with van der Waals surface area (Å²) < 4.78 is 0. The third-order valence-corrected chi connectivity index (χ3v) is 2.86. The summed E-state index contributed by atoms with van der Waals surface area (Å²) in [6.45, 7) is 0. The molecule has 0 saturated carbocycles. The van der Waals surface area contributed by atoms with Gasteiger partial charge in [0, 0.05) is 5.56 Å². The zero-order valence-electron chi connectivity index (χ0n) is 8.56. The standard InChI is InChI=1S/C10H11NO6/c12-7-5-3-1-2-4-6(5)11(17)8(13)10(7,16)9(14)15/h1-4,7-8,12-13,16-17H,(H,14,15). The number of fused-ring (bicyclic) bond motifs is 1. The fourth-order valence-electron chi connectivity index (χ4n) is 1.85. The number of hydrogen-bond donors (Lipinski definition) is 5. The van der Waals surface area contributed by atoms with E-state index in [1.165, 1.54) is 24.3 Å². The van der Waals surface area contributed by atoms with Gasteiger partial charge in [0.05, 0.1) is 5.69 Å². The Hall–Kier alpha value is -1.67. The van der Waals surface area contributed by atoms with E-state index in [2.05, 4.69) is 0 Å². The van der Waals surface area contributed by atoms with Gasteiger partial charge < -0.3 is 20.4 Å². The predicted molar refractivity (Wildman–Crippen MR) is 54.3 cm³/mol. The molecular weight excluding hydrogens is 230 g/mol. The summed E-state index contributed by atoms with van der Waals surface area (Å²) in [7, 11) is 0. The molecule has 0 spiro atoms. The number of hydrogen-bond acceptors (Lipinski definition) is 6. The van der Waals surface area contributed by atoms with Gasteiger partial charge in [-0.25, -0.2) is 9.86 Å². The first-order valence-electron chi connectivity index (χ1n) is 4.79. The SMILES string of the molecule is O=C(O)C1(O)C(O)c2ccccc2N(O)C1O. The molecule has 3 unspecified atom stereocenters. The van der Waals surface area contributed by atoms with Crippen LogP contribution in [0.25, 0.3) is 0 Å². The molecule has 1 aliphatic rings. The van der Waals surface area contributed by atoms with Crippen molar-refractivity contribution < 1.29 is 30.4 Å². The number of aliphatic hydroxyl groups excluding tert-OH is 2. The van der Waals surface area contributed by atoms with E-state index in [1.807, 2.05) is 0 Å². The smallest absolute Gasteiger partial charge is 0.343 e. The molecule has 0 aliphatic carbocycles. The number of aliphatic carboxylic acids is 1. The molecule has 0 amide bonds. The summed E-state index contributed by atoms with van der Waals surface area (Å²) >= 11 is 0. The average Bonchev–Trinajstić information content (AvgIpc) is 2.33. The number of para-hydroxylation sites is 1. The van der Waals surface area contributed by atoms with Gasteiger partial charge in [0.25, 0.3) is 0 Å². The summed E-state index contributed by atoms with van der Waals surface area (Å²) in [4.78, 5) is 10.9. The van der Waals surface area contributed by atoms with Crippen LogP contribution in [-0.2, 0) is 4.79 Å². The van der Waals surface area contributed by atoms with Crippen LogP contribution in [0.3, 0.4) is 0 Å². The fourth-order valence-corrected chi connectivity index (χ4v) is 1.85. The van der Waals surface area contributed by atoms with Gasteiger partial charge in [-0.1, -0.05) is 18.2 Å². The molecule has 1 aromatic rings. The molecule has 0 aromatic heterocycles. The van der Waals surface area contributed by atoms with Gasteiger partial charge >= 0.3 is 5.97 Å². The highest BCUT2D eigenvalue weighted by Crippen LogP contribution is 2.41. The van der Waals surface area contributed by atoms with E-state index in [9.17, 15) is 25.3 Å². The highest BCUT2D eigenvalue weighted by Gasteiger charge is 2.57. The zero-order valence-corrected chi connectivity index (χ0v) is 8.56. The first kappa shape index (κ1) is 11.8. The van der Waals surface area contributed by atoms with Crippen LogP contribution in [0, 0.1) is 0 Å². The summed E-state index contributed by atoms with van der Waals surface area (Å²) in [5.41, 5.74) is -2.83. The number of hydroxylamine groups is 1. The molecule has 0 saturated heterocycles. The molecule has 3 atom stereocenters. The Morgan fingerprint density at radius 3 is 2.47 bits per heavy atom. The molecule has 1 aromatic carbocycles. The van der Waals surface area contributed by atoms with E-state index in [4.69, 9.17) is 5.11 Å². The lowest BCUT2D eigenvalue weighted by Crippen LogP contribution is -2.63. The first-order chi connectivity index (χ1) is 7.90. The minimum Gasteiger partial charge on any atom is -0.479 e. The lowest BCUT2D eigenvalue weighted by Gasteiger charge is -2.42. The lowest BCUT2D eigenvalue weighted by atomic mass is 9.84. The van der Waals surface area contributed by atoms with Gasteiger partial charge in [-0.2, -0.15) is 0 Å². The number of anilines is 1. The maximum atomic E-state index is 10.9. The second-order valence-electron chi connectivity index (χ2n) is 3.81. The van der Waals surface area contributed by atoms with Crippen LogP contribution in [0.15, 0.2) is 24.3 Å². The van der Waals surface area contributed by atoms with Gasteiger partial charge in [-0.15, -0.1) is 0 Å². The number of rotatable bonds is 1. The van der Waals surface area contributed by atoms with Crippen molar-refractivity contribution in [3.63, 3.8) is 0 Å². The highest BCUT2D eigenvalue weighted by molar-refractivity contribution is 5.82. The summed E-state index contributed by atoms with van der Waals surface area (Å²) in [6.07, 6.45) is -4.00. The molecule has 5 N–H and O–H groups in total. The maximum Gasteiger partial charge on any atom is 0.343 e. The van der Waals surface area contributed by atoms with Crippen LogP contribution in [0.1, 0.15) is 11.7 Å². The predicted octanol–water partition coefficient (Wildman–Crippen LogP) is -0.937. The monoisotopic (exact) mass is 241 g/mol. The Kier molecular flexibility index (Phi) is 2.55. The Morgan fingerprint density at radius 1 is 1.29 bits per heavy atom. The molecule has 17 heavy (non-hydrogen) atoms. The van der Waals surface area contributed by atoms with Crippen molar-refractivity contribution in [3.8, 4) is 0 Å². The van der Waals surface area contributed by atoms with Crippen LogP contribution in [0.5, 0.6) is 0 Å². The molecule has 1 aliphatic heterocycles. The van der Waals surface area contributed by atoms with Crippen LogP contribution in [-0.4, -0.2) is 43.4 Å². The van der Waals surface area contributed by atoms with Crippen LogP contribution >= 0.6 is 0 Å². The molecular formula is C10H11NO6. The van der Waals surface area contributed by atoms with Crippen molar-refractivity contribution in [3.05, 3.63) is 29.8 Å². The number of benzene rings is 1. The third kappa shape index (κ3) is 1.41. The Morgan fingerprint density at radius 2 is 1.88 bits per heavy atom. The summed E-state index contributed by atoms with van der Waals surface area (Å²) in [5, 5.41) is 47.9. The second kappa shape index (κ2) is 3.67. The van der Waals surface area contributed by atoms with Gasteiger partial charge in [-0.05, 0) is 6.07 Å². The number of carboxylic acids is 1. The summed E-state index contributed by atoms with van der Waals surface area (Å²) in [5.74, 6) is -1.83. The van der Waals surface area contributed by atoms with E-state index in [1.54, 1.807) is 0 Å². The number of aliphatic hydroxyl groups is 3. The average molecular weight is 241 g/mol.